The van der Waals surface area contributed by atoms with Crippen LogP contribution in [0.15, 0.2) is 24.3 Å². The molecule has 0 saturated carbocycles. The molecule has 0 amide bonds. The van der Waals surface area contributed by atoms with Crippen LogP contribution in [-0.2, 0) is 0 Å². The predicted octanol–water partition coefficient (Wildman–Crippen LogP) is 6.00. The fourth-order valence-corrected chi connectivity index (χ4v) is 2.97. The second kappa shape index (κ2) is 11.4. The molecule has 0 aliphatic carbocycles. The van der Waals surface area contributed by atoms with Gasteiger partial charge >= 0.3 is 0 Å². The molecule has 0 aliphatic heterocycles. The van der Waals surface area contributed by atoms with Crippen molar-refractivity contribution in [3.05, 3.63) is 24.3 Å². The van der Waals surface area contributed by atoms with Crippen molar-refractivity contribution < 1.29 is 5.11 Å². The molecule has 0 bridgehead atoms. The fraction of sp³-hybridized carbons (Fsp3) is 0.700. The summed E-state index contributed by atoms with van der Waals surface area (Å²) in [4.78, 5) is 2.49. The Labute approximate surface area is 137 Å². The topological polar surface area (TPSA) is 23.5 Å². The monoisotopic (exact) mass is 305 g/mol. The van der Waals surface area contributed by atoms with Crippen molar-refractivity contribution in [2.45, 2.75) is 72.1 Å². The third kappa shape index (κ3) is 7.20. The second-order valence-corrected chi connectivity index (χ2v) is 6.44. The molecule has 1 atom stereocenters. The van der Waals surface area contributed by atoms with E-state index >= 15 is 0 Å². The van der Waals surface area contributed by atoms with Gasteiger partial charge in [0.25, 0.3) is 0 Å². The molecule has 0 saturated heterocycles. The molecule has 1 aromatic carbocycles. The molecular weight excluding hydrogens is 270 g/mol. The molecule has 0 radical (unpaired) electrons. The molecule has 0 aliphatic rings. The van der Waals surface area contributed by atoms with Gasteiger partial charge < -0.3 is 10.0 Å². The van der Waals surface area contributed by atoms with Gasteiger partial charge in [0.05, 0.1) is 0 Å². The van der Waals surface area contributed by atoms with Crippen molar-refractivity contribution in [3.8, 4) is 5.75 Å². The number of phenols is 1. The standard InChI is InChI=1S/C20H35NO/c1-4-7-9-10-15-21(17-18(6-3)12-8-5-2)19-13-11-14-20(22)16-19/h11,13-14,16,18,22H,4-10,12,15,17H2,1-3H3. The lowest BCUT2D eigenvalue weighted by Gasteiger charge is -2.29. The number of benzene rings is 1. The first-order chi connectivity index (χ1) is 10.7. The van der Waals surface area contributed by atoms with E-state index in [0.29, 0.717) is 5.75 Å². The van der Waals surface area contributed by atoms with Crippen molar-refractivity contribution >= 4 is 5.69 Å². The molecule has 0 fully saturated rings. The lowest BCUT2D eigenvalue weighted by molar-refractivity contribution is 0.441. The van der Waals surface area contributed by atoms with Crippen molar-refractivity contribution in [2.24, 2.45) is 5.92 Å². The summed E-state index contributed by atoms with van der Waals surface area (Å²) in [5.74, 6) is 1.13. The minimum atomic E-state index is 0.373. The van der Waals surface area contributed by atoms with Gasteiger partial charge in [-0.2, -0.15) is 0 Å². The van der Waals surface area contributed by atoms with E-state index in [-0.39, 0.29) is 0 Å². The molecule has 0 aromatic heterocycles. The molecule has 0 spiro atoms. The first-order valence-electron chi connectivity index (χ1n) is 9.25. The van der Waals surface area contributed by atoms with Gasteiger partial charge in [-0.05, 0) is 30.9 Å². The van der Waals surface area contributed by atoms with E-state index in [1.807, 2.05) is 12.1 Å². The third-order valence-electron chi connectivity index (χ3n) is 4.50. The van der Waals surface area contributed by atoms with Crippen molar-refractivity contribution in [1.82, 2.24) is 0 Å². The molecule has 1 unspecified atom stereocenters. The minimum Gasteiger partial charge on any atom is -0.508 e. The Kier molecular flexibility index (Phi) is 9.77. The summed E-state index contributed by atoms with van der Waals surface area (Å²) in [6.45, 7) is 9.05. The zero-order valence-corrected chi connectivity index (χ0v) is 14.9. The number of phenolic OH excluding ortho intramolecular Hbond substituents is 1. The Hall–Kier alpha value is -1.18. The maximum atomic E-state index is 9.78. The SMILES string of the molecule is CCCCCCN(CC(CC)CCCC)c1cccc(O)c1. The first kappa shape index (κ1) is 18.9. The smallest absolute Gasteiger partial charge is 0.117 e. The van der Waals surface area contributed by atoms with Crippen molar-refractivity contribution in [1.29, 1.82) is 0 Å². The van der Waals surface area contributed by atoms with E-state index in [2.05, 4.69) is 31.7 Å². The molecule has 126 valence electrons. The number of unbranched alkanes of at least 4 members (excludes halogenated alkanes) is 4. The number of hydrogen-bond acceptors (Lipinski definition) is 2. The largest absolute Gasteiger partial charge is 0.508 e. The Balaban J connectivity index is 2.67. The summed E-state index contributed by atoms with van der Waals surface area (Å²) < 4.78 is 0. The highest BCUT2D eigenvalue weighted by Gasteiger charge is 2.13. The van der Waals surface area contributed by atoms with Crippen LogP contribution >= 0.6 is 0 Å². The number of anilines is 1. The Morgan fingerprint density at radius 3 is 2.41 bits per heavy atom. The van der Waals surface area contributed by atoms with Crippen LogP contribution in [0.3, 0.4) is 0 Å². The summed E-state index contributed by atoms with van der Waals surface area (Å²) >= 11 is 0. The minimum absolute atomic E-state index is 0.373. The van der Waals surface area contributed by atoms with E-state index in [0.717, 1.165) is 19.0 Å². The summed E-state index contributed by atoms with van der Waals surface area (Å²) in [7, 11) is 0. The van der Waals surface area contributed by atoms with E-state index in [9.17, 15) is 5.11 Å². The quantitative estimate of drug-likeness (QED) is 0.479. The lowest BCUT2D eigenvalue weighted by Crippen LogP contribution is -2.30. The first-order valence-corrected chi connectivity index (χ1v) is 9.25. The van der Waals surface area contributed by atoms with Crippen molar-refractivity contribution in [2.75, 3.05) is 18.0 Å². The van der Waals surface area contributed by atoms with Gasteiger partial charge in [0.2, 0.25) is 0 Å². The van der Waals surface area contributed by atoms with E-state index in [1.165, 1.54) is 57.1 Å². The van der Waals surface area contributed by atoms with Crippen molar-refractivity contribution in [3.63, 3.8) is 0 Å². The fourth-order valence-electron chi connectivity index (χ4n) is 2.97. The van der Waals surface area contributed by atoms with Crippen LogP contribution in [-0.4, -0.2) is 18.2 Å². The van der Waals surface area contributed by atoms with Gasteiger partial charge in [0.1, 0.15) is 5.75 Å². The number of nitrogens with zero attached hydrogens (tertiary/aromatic N) is 1. The highest BCUT2D eigenvalue weighted by molar-refractivity contribution is 5.50. The molecular formula is C20H35NO. The second-order valence-electron chi connectivity index (χ2n) is 6.44. The van der Waals surface area contributed by atoms with Gasteiger partial charge in [-0.1, -0.05) is 65.4 Å². The van der Waals surface area contributed by atoms with Gasteiger partial charge in [-0.3, -0.25) is 0 Å². The van der Waals surface area contributed by atoms with Crippen LogP contribution in [0.2, 0.25) is 0 Å². The maximum Gasteiger partial charge on any atom is 0.117 e. The number of hydrogen-bond donors (Lipinski definition) is 1. The van der Waals surface area contributed by atoms with Gasteiger partial charge in [0, 0.05) is 24.8 Å². The summed E-state index contributed by atoms with van der Waals surface area (Å²) in [6, 6.07) is 7.75. The predicted molar refractivity (Wildman–Crippen MR) is 97.8 cm³/mol. The highest BCUT2D eigenvalue weighted by Crippen LogP contribution is 2.24. The normalized spacial score (nSPS) is 12.3. The average molecular weight is 306 g/mol. The molecule has 1 rings (SSSR count). The van der Waals surface area contributed by atoms with Gasteiger partial charge in [0.15, 0.2) is 0 Å². The molecule has 2 heteroatoms. The average Bonchev–Trinajstić information content (AvgIpc) is 2.53. The summed E-state index contributed by atoms with van der Waals surface area (Å²) in [5, 5.41) is 9.78. The lowest BCUT2D eigenvalue weighted by atomic mass is 9.98. The summed E-state index contributed by atoms with van der Waals surface area (Å²) in [5.41, 5.74) is 1.17. The maximum absolute atomic E-state index is 9.78. The van der Waals surface area contributed by atoms with Crippen LogP contribution < -0.4 is 4.90 Å². The van der Waals surface area contributed by atoms with Crippen LogP contribution in [0.4, 0.5) is 5.69 Å². The summed E-state index contributed by atoms with van der Waals surface area (Å²) in [6.07, 6.45) is 10.3. The van der Waals surface area contributed by atoms with Gasteiger partial charge in [-0.15, -0.1) is 0 Å². The number of rotatable bonds is 12. The Bertz CT molecular complexity index is 391. The zero-order valence-electron chi connectivity index (χ0n) is 14.9. The highest BCUT2D eigenvalue weighted by atomic mass is 16.3. The van der Waals surface area contributed by atoms with Gasteiger partial charge in [-0.25, -0.2) is 0 Å². The van der Waals surface area contributed by atoms with Crippen LogP contribution in [0.1, 0.15) is 72.1 Å². The molecule has 1 aromatic rings. The Morgan fingerprint density at radius 2 is 1.77 bits per heavy atom. The Morgan fingerprint density at radius 1 is 1.00 bits per heavy atom. The molecule has 22 heavy (non-hydrogen) atoms. The van der Waals surface area contributed by atoms with E-state index in [4.69, 9.17) is 0 Å². The molecule has 0 heterocycles. The molecule has 2 nitrogen and oxygen atoms in total. The molecule has 1 N–H and O–H groups in total. The van der Waals surface area contributed by atoms with E-state index in [1.54, 1.807) is 6.07 Å². The number of aromatic hydroxyl groups is 1. The third-order valence-corrected chi connectivity index (χ3v) is 4.50. The van der Waals surface area contributed by atoms with Crippen LogP contribution in [0, 0.1) is 5.92 Å². The zero-order chi connectivity index (χ0) is 16.2. The van der Waals surface area contributed by atoms with E-state index < -0.39 is 0 Å². The van der Waals surface area contributed by atoms with Crippen LogP contribution in [0.25, 0.3) is 0 Å². The van der Waals surface area contributed by atoms with Crippen LogP contribution in [0.5, 0.6) is 5.75 Å².